The minimum atomic E-state index is -0.197. The van der Waals surface area contributed by atoms with Gasteiger partial charge in [-0.05, 0) is 11.4 Å². The van der Waals surface area contributed by atoms with Crippen LogP contribution in [0.25, 0.3) is 0 Å². The molecular formula is C11H12N2OS. The van der Waals surface area contributed by atoms with Crippen LogP contribution >= 0.6 is 11.3 Å². The van der Waals surface area contributed by atoms with Crippen molar-refractivity contribution in [3.8, 4) is 0 Å². The van der Waals surface area contributed by atoms with Crippen LogP contribution in [0.1, 0.15) is 24.3 Å². The summed E-state index contributed by atoms with van der Waals surface area (Å²) >= 11 is 1.60. The van der Waals surface area contributed by atoms with Crippen LogP contribution in [0.15, 0.2) is 36.2 Å². The second-order valence-corrected chi connectivity index (χ2v) is 4.23. The molecule has 2 aromatic rings. The number of imidazole rings is 1. The fourth-order valence-electron chi connectivity index (χ4n) is 1.53. The quantitative estimate of drug-likeness (QED) is 0.793. The van der Waals surface area contributed by atoms with E-state index in [1.807, 2.05) is 35.2 Å². The Labute approximate surface area is 92.4 Å². The predicted octanol–water partition coefficient (Wildman–Crippen LogP) is 2.51. The molecule has 0 aliphatic rings. The zero-order valence-electron chi connectivity index (χ0n) is 8.46. The van der Waals surface area contributed by atoms with Crippen molar-refractivity contribution in [1.82, 2.24) is 9.55 Å². The molecule has 0 aliphatic carbocycles. The maximum atomic E-state index is 11.9. The Hall–Kier alpha value is -1.42. The van der Waals surface area contributed by atoms with Crippen LogP contribution in [-0.2, 0) is 4.79 Å². The normalized spacial score (nSPS) is 12.6. The van der Waals surface area contributed by atoms with E-state index in [9.17, 15) is 4.79 Å². The minimum Gasteiger partial charge on any atom is -0.322 e. The van der Waals surface area contributed by atoms with Gasteiger partial charge in [-0.1, -0.05) is 13.0 Å². The van der Waals surface area contributed by atoms with Gasteiger partial charge < -0.3 is 4.57 Å². The molecule has 0 aliphatic heterocycles. The van der Waals surface area contributed by atoms with Crippen LogP contribution in [-0.4, -0.2) is 15.3 Å². The minimum absolute atomic E-state index is 0.197. The Balaban J connectivity index is 2.37. The second-order valence-electron chi connectivity index (χ2n) is 3.25. The van der Waals surface area contributed by atoms with Gasteiger partial charge in [0.25, 0.3) is 0 Å². The van der Waals surface area contributed by atoms with Crippen molar-refractivity contribution in [1.29, 1.82) is 0 Å². The van der Waals surface area contributed by atoms with Crippen molar-refractivity contribution in [3.63, 3.8) is 0 Å². The molecule has 3 nitrogen and oxygen atoms in total. The summed E-state index contributed by atoms with van der Waals surface area (Å²) in [6.45, 7) is 1.89. The highest BCUT2D eigenvalue weighted by Crippen LogP contribution is 2.24. The van der Waals surface area contributed by atoms with E-state index in [2.05, 4.69) is 4.98 Å². The third-order valence-electron chi connectivity index (χ3n) is 2.29. The number of carbonyl (C=O) groups is 1. The predicted molar refractivity (Wildman–Crippen MR) is 60.0 cm³/mol. The van der Waals surface area contributed by atoms with Crippen molar-refractivity contribution < 1.29 is 4.79 Å². The van der Waals surface area contributed by atoms with Gasteiger partial charge in [-0.25, -0.2) is 4.98 Å². The van der Waals surface area contributed by atoms with Crippen LogP contribution in [0.5, 0.6) is 0 Å². The lowest BCUT2D eigenvalue weighted by atomic mass is 10.1. The maximum Gasteiger partial charge on any atom is 0.160 e. The Morgan fingerprint density at radius 1 is 1.67 bits per heavy atom. The second kappa shape index (κ2) is 4.40. The third kappa shape index (κ3) is 1.99. The van der Waals surface area contributed by atoms with E-state index in [4.69, 9.17) is 0 Å². The van der Waals surface area contributed by atoms with Crippen LogP contribution < -0.4 is 0 Å². The van der Waals surface area contributed by atoms with Gasteiger partial charge in [0.2, 0.25) is 0 Å². The molecule has 0 fully saturated rings. The van der Waals surface area contributed by atoms with Crippen molar-refractivity contribution in [3.05, 3.63) is 41.1 Å². The molecule has 2 aromatic heterocycles. The molecule has 0 spiro atoms. The summed E-state index contributed by atoms with van der Waals surface area (Å²) in [6, 6.07) is 3.76. The molecule has 0 amide bonds. The first-order valence-electron chi connectivity index (χ1n) is 4.86. The Morgan fingerprint density at radius 3 is 3.07 bits per heavy atom. The average molecular weight is 220 g/mol. The molecule has 0 aromatic carbocycles. The van der Waals surface area contributed by atoms with E-state index >= 15 is 0 Å². The molecule has 0 saturated heterocycles. The monoisotopic (exact) mass is 220 g/mol. The van der Waals surface area contributed by atoms with Gasteiger partial charge in [0, 0.05) is 23.7 Å². The summed E-state index contributed by atoms with van der Waals surface area (Å²) in [5.74, 6) is 0.218. The summed E-state index contributed by atoms with van der Waals surface area (Å²) in [5, 5.41) is 1.99. The molecule has 1 atom stereocenters. The van der Waals surface area contributed by atoms with Crippen LogP contribution in [0, 0.1) is 0 Å². The van der Waals surface area contributed by atoms with Gasteiger partial charge in [0.05, 0.1) is 6.33 Å². The number of hydrogen-bond donors (Lipinski definition) is 0. The van der Waals surface area contributed by atoms with Gasteiger partial charge in [0.15, 0.2) is 5.78 Å². The first-order chi connectivity index (χ1) is 7.33. The zero-order chi connectivity index (χ0) is 10.7. The summed E-state index contributed by atoms with van der Waals surface area (Å²) in [7, 11) is 0. The number of thiophene rings is 1. The van der Waals surface area contributed by atoms with Crippen molar-refractivity contribution in [2.24, 2.45) is 0 Å². The number of carbonyl (C=O) groups excluding carboxylic acids is 1. The van der Waals surface area contributed by atoms with E-state index in [0.29, 0.717) is 6.42 Å². The smallest absolute Gasteiger partial charge is 0.160 e. The van der Waals surface area contributed by atoms with Crippen LogP contribution in [0.3, 0.4) is 0 Å². The SMILES string of the molecule is CCC(=O)C(c1cccs1)n1ccnc1. The number of rotatable bonds is 4. The highest BCUT2D eigenvalue weighted by Gasteiger charge is 2.20. The maximum absolute atomic E-state index is 11.9. The van der Waals surface area contributed by atoms with E-state index in [0.717, 1.165) is 4.88 Å². The van der Waals surface area contributed by atoms with Gasteiger partial charge in [0.1, 0.15) is 6.04 Å². The lowest BCUT2D eigenvalue weighted by Gasteiger charge is -2.14. The fraction of sp³-hybridized carbons (Fsp3) is 0.273. The zero-order valence-corrected chi connectivity index (χ0v) is 9.28. The molecule has 0 bridgehead atoms. The number of ketones is 1. The molecule has 2 heterocycles. The largest absolute Gasteiger partial charge is 0.322 e. The van der Waals surface area contributed by atoms with Crippen molar-refractivity contribution in [2.45, 2.75) is 19.4 Å². The van der Waals surface area contributed by atoms with E-state index in [-0.39, 0.29) is 11.8 Å². The Kier molecular flexibility index (Phi) is 2.97. The van der Waals surface area contributed by atoms with Gasteiger partial charge >= 0.3 is 0 Å². The number of Topliss-reactive ketones (excluding diaryl/α,β-unsaturated/α-hetero) is 1. The number of aromatic nitrogens is 2. The molecule has 4 heteroatoms. The first-order valence-corrected chi connectivity index (χ1v) is 5.74. The van der Waals surface area contributed by atoms with Gasteiger partial charge in [-0.15, -0.1) is 11.3 Å². The molecule has 78 valence electrons. The standard InChI is InChI=1S/C11H12N2OS/c1-2-9(14)11(10-4-3-7-15-10)13-6-5-12-8-13/h3-8,11H,2H2,1H3. The summed E-state index contributed by atoms with van der Waals surface area (Å²) < 4.78 is 1.86. The van der Waals surface area contributed by atoms with Crippen LogP contribution in [0.2, 0.25) is 0 Å². The summed E-state index contributed by atoms with van der Waals surface area (Å²) in [5.41, 5.74) is 0. The highest BCUT2D eigenvalue weighted by atomic mass is 32.1. The van der Waals surface area contributed by atoms with E-state index < -0.39 is 0 Å². The van der Waals surface area contributed by atoms with Gasteiger partial charge in [-0.2, -0.15) is 0 Å². The highest BCUT2D eigenvalue weighted by molar-refractivity contribution is 7.10. The average Bonchev–Trinajstić information content (AvgIpc) is 2.90. The van der Waals surface area contributed by atoms with Gasteiger partial charge in [-0.3, -0.25) is 4.79 Å². The lowest BCUT2D eigenvalue weighted by Crippen LogP contribution is -2.17. The van der Waals surface area contributed by atoms with Crippen LogP contribution in [0.4, 0.5) is 0 Å². The molecule has 1 unspecified atom stereocenters. The number of hydrogen-bond acceptors (Lipinski definition) is 3. The topological polar surface area (TPSA) is 34.9 Å². The fourth-order valence-corrected chi connectivity index (χ4v) is 2.39. The lowest BCUT2D eigenvalue weighted by molar-refractivity contribution is -0.120. The van der Waals surface area contributed by atoms with Crippen molar-refractivity contribution in [2.75, 3.05) is 0 Å². The molecule has 0 saturated carbocycles. The Morgan fingerprint density at radius 2 is 2.53 bits per heavy atom. The molecule has 15 heavy (non-hydrogen) atoms. The summed E-state index contributed by atoms with van der Waals surface area (Å²) in [6.07, 6.45) is 5.76. The molecule has 2 rings (SSSR count). The summed E-state index contributed by atoms with van der Waals surface area (Å²) in [4.78, 5) is 16.9. The number of nitrogens with zero attached hydrogens (tertiary/aromatic N) is 2. The van der Waals surface area contributed by atoms with E-state index in [1.165, 1.54) is 0 Å². The molecule has 0 N–H and O–H groups in total. The van der Waals surface area contributed by atoms with Crippen molar-refractivity contribution >= 4 is 17.1 Å². The third-order valence-corrected chi connectivity index (χ3v) is 3.21. The first kappa shape index (κ1) is 10.1. The Bertz CT molecular complexity index is 385. The molecular weight excluding hydrogens is 208 g/mol. The molecule has 0 radical (unpaired) electrons. The van der Waals surface area contributed by atoms with E-state index in [1.54, 1.807) is 23.9 Å².